The molecule has 1 heterocycles. The molecule has 0 saturated heterocycles. The summed E-state index contributed by atoms with van der Waals surface area (Å²) in [6, 6.07) is 11.3. The van der Waals surface area contributed by atoms with E-state index in [-0.39, 0.29) is 5.02 Å². The van der Waals surface area contributed by atoms with E-state index in [9.17, 15) is 4.39 Å². The first-order valence-electron chi connectivity index (χ1n) is 5.81. The third-order valence-corrected chi connectivity index (χ3v) is 3.40. The van der Waals surface area contributed by atoms with Crippen molar-refractivity contribution < 1.29 is 9.13 Å². The van der Waals surface area contributed by atoms with Crippen molar-refractivity contribution >= 4 is 34.1 Å². The fourth-order valence-corrected chi connectivity index (χ4v) is 2.26. The third kappa shape index (κ3) is 2.42. The van der Waals surface area contributed by atoms with Crippen LogP contribution >= 0.6 is 23.2 Å². The molecule has 2 nitrogen and oxygen atoms in total. The van der Waals surface area contributed by atoms with Crippen molar-refractivity contribution in [3.63, 3.8) is 0 Å². The molecule has 0 fully saturated rings. The summed E-state index contributed by atoms with van der Waals surface area (Å²) in [4.78, 5) is 4.22. The van der Waals surface area contributed by atoms with Gasteiger partial charge in [0.15, 0.2) is 0 Å². The van der Waals surface area contributed by atoms with E-state index >= 15 is 0 Å². The van der Waals surface area contributed by atoms with Crippen molar-refractivity contribution in [3.8, 4) is 11.5 Å². The molecule has 0 aliphatic rings. The van der Waals surface area contributed by atoms with Crippen molar-refractivity contribution in [2.75, 3.05) is 0 Å². The Morgan fingerprint density at radius 1 is 1.00 bits per heavy atom. The SMILES string of the molecule is Fc1ccc(Oc2ccnc3c(Cl)cccc23)cc1Cl. The summed E-state index contributed by atoms with van der Waals surface area (Å²) < 4.78 is 18.9. The number of nitrogens with zero attached hydrogens (tertiary/aromatic N) is 1. The monoisotopic (exact) mass is 307 g/mol. The van der Waals surface area contributed by atoms with Gasteiger partial charge in [-0.25, -0.2) is 4.39 Å². The van der Waals surface area contributed by atoms with Gasteiger partial charge in [0.1, 0.15) is 17.3 Å². The molecule has 0 radical (unpaired) electrons. The highest BCUT2D eigenvalue weighted by Crippen LogP contribution is 2.32. The number of para-hydroxylation sites is 1. The Morgan fingerprint density at radius 2 is 1.85 bits per heavy atom. The minimum absolute atomic E-state index is 0.0129. The van der Waals surface area contributed by atoms with Crippen LogP contribution < -0.4 is 4.74 Å². The molecule has 5 heteroatoms. The number of hydrogen-bond acceptors (Lipinski definition) is 2. The average Bonchev–Trinajstić information content (AvgIpc) is 2.44. The normalized spacial score (nSPS) is 10.8. The van der Waals surface area contributed by atoms with Gasteiger partial charge in [-0.15, -0.1) is 0 Å². The van der Waals surface area contributed by atoms with E-state index in [4.69, 9.17) is 27.9 Å². The van der Waals surface area contributed by atoms with Gasteiger partial charge in [-0.3, -0.25) is 4.98 Å². The summed E-state index contributed by atoms with van der Waals surface area (Å²) in [6.07, 6.45) is 1.61. The maximum atomic E-state index is 13.1. The molecular formula is C15H8Cl2FNO. The van der Waals surface area contributed by atoms with Gasteiger partial charge in [0.25, 0.3) is 0 Å². The van der Waals surface area contributed by atoms with Crippen LogP contribution in [0.3, 0.4) is 0 Å². The maximum absolute atomic E-state index is 13.1. The predicted molar refractivity (Wildman–Crippen MR) is 78.2 cm³/mol. The first kappa shape index (κ1) is 13.2. The number of halogens is 3. The van der Waals surface area contributed by atoms with Crippen LogP contribution in [0.25, 0.3) is 10.9 Å². The summed E-state index contributed by atoms with van der Waals surface area (Å²) in [5.74, 6) is 0.547. The van der Waals surface area contributed by atoms with E-state index in [1.165, 1.54) is 18.2 Å². The molecule has 3 aromatic rings. The molecule has 3 rings (SSSR count). The zero-order valence-electron chi connectivity index (χ0n) is 10.1. The fraction of sp³-hybridized carbons (Fsp3) is 0. The van der Waals surface area contributed by atoms with Crippen LogP contribution in [0, 0.1) is 5.82 Å². The number of ether oxygens (including phenoxy) is 1. The zero-order valence-corrected chi connectivity index (χ0v) is 11.6. The number of pyridine rings is 1. The van der Waals surface area contributed by atoms with Crippen molar-refractivity contribution in [1.82, 2.24) is 4.98 Å². The lowest BCUT2D eigenvalue weighted by Gasteiger charge is -2.09. The Morgan fingerprint density at radius 3 is 2.65 bits per heavy atom. The zero-order chi connectivity index (χ0) is 14.1. The predicted octanol–water partition coefficient (Wildman–Crippen LogP) is 5.47. The minimum Gasteiger partial charge on any atom is -0.457 e. The molecule has 0 atom stereocenters. The van der Waals surface area contributed by atoms with Gasteiger partial charge >= 0.3 is 0 Å². The van der Waals surface area contributed by atoms with E-state index in [0.29, 0.717) is 22.0 Å². The van der Waals surface area contributed by atoms with Crippen molar-refractivity contribution in [3.05, 3.63) is 64.5 Å². The highest BCUT2D eigenvalue weighted by Gasteiger charge is 2.08. The van der Waals surface area contributed by atoms with E-state index in [1.54, 1.807) is 18.3 Å². The molecule has 0 spiro atoms. The lowest BCUT2D eigenvalue weighted by atomic mass is 10.2. The Bertz CT molecular complexity index is 792. The molecule has 100 valence electrons. The Kier molecular flexibility index (Phi) is 3.47. The fourth-order valence-electron chi connectivity index (χ4n) is 1.87. The second-order valence-electron chi connectivity index (χ2n) is 4.12. The van der Waals surface area contributed by atoms with Crippen LogP contribution in [0.4, 0.5) is 4.39 Å². The van der Waals surface area contributed by atoms with Gasteiger partial charge in [-0.05, 0) is 30.3 Å². The van der Waals surface area contributed by atoms with E-state index in [0.717, 1.165) is 5.39 Å². The van der Waals surface area contributed by atoms with Crippen LogP contribution in [-0.2, 0) is 0 Å². The molecule has 0 bridgehead atoms. The second kappa shape index (κ2) is 5.27. The highest BCUT2D eigenvalue weighted by atomic mass is 35.5. The van der Waals surface area contributed by atoms with Gasteiger partial charge in [0.05, 0.1) is 15.6 Å². The first-order valence-corrected chi connectivity index (χ1v) is 6.57. The molecule has 2 aromatic carbocycles. The third-order valence-electron chi connectivity index (χ3n) is 2.80. The van der Waals surface area contributed by atoms with E-state index in [1.807, 2.05) is 12.1 Å². The Balaban J connectivity index is 2.06. The lowest BCUT2D eigenvalue weighted by molar-refractivity contribution is 0.486. The van der Waals surface area contributed by atoms with Crippen molar-refractivity contribution in [2.24, 2.45) is 0 Å². The van der Waals surface area contributed by atoms with Crippen LogP contribution in [0.15, 0.2) is 48.7 Å². The van der Waals surface area contributed by atoms with Gasteiger partial charge in [0, 0.05) is 17.6 Å². The van der Waals surface area contributed by atoms with Crippen molar-refractivity contribution in [2.45, 2.75) is 0 Å². The second-order valence-corrected chi connectivity index (χ2v) is 4.94. The van der Waals surface area contributed by atoms with Crippen LogP contribution in [0.2, 0.25) is 10.0 Å². The molecule has 0 N–H and O–H groups in total. The number of fused-ring (bicyclic) bond motifs is 1. The molecule has 0 aliphatic carbocycles. The van der Waals surface area contributed by atoms with Gasteiger partial charge in [-0.2, -0.15) is 0 Å². The first-order chi connectivity index (χ1) is 9.65. The number of benzene rings is 2. The standard InChI is InChI=1S/C15H8Cl2FNO/c16-11-3-1-2-10-14(6-7-19-15(10)11)20-9-4-5-13(18)12(17)8-9/h1-8H. The molecule has 0 unspecified atom stereocenters. The average molecular weight is 308 g/mol. The Labute approximate surface area is 124 Å². The summed E-state index contributed by atoms with van der Waals surface area (Å²) >= 11 is 11.8. The molecular weight excluding hydrogens is 300 g/mol. The molecule has 0 amide bonds. The van der Waals surface area contributed by atoms with E-state index < -0.39 is 5.82 Å². The van der Waals surface area contributed by atoms with Crippen LogP contribution in [0.1, 0.15) is 0 Å². The minimum atomic E-state index is -0.485. The summed E-state index contributed by atoms with van der Waals surface area (Å²) in [7, 11) is 0. The highest BCUT2D eigenvalue weighted by molar-refractivity contribution is 6.35. The smallest absolute Gasteiger partial charge is 0.142 e. The summed E-state index contributed by atoms with van der Waals surface area (Å²) in [6.45, 7) is 0. The summed E-state index contributed by atoms with van der Waals surface area (Å²) in [5, 5.41) is 1.34. The van der Waals surface area contributed by atoms with E-state index in [2.05, 4.69) is 4.98 Å². The number of aromatic nitrogens is 1. The van der Waals surface area contributed by atoms with Crippen LogP contribution in [-0.4, -0.2) is 4.98 Å². The molecule has 20 heavy (non-hydrogen) atoms. The van der Waals surface area contributed by atoms with Gasteiger partial charge in [0.2, 0.25) is 0 Å². The topological polar surface area (TPSA) is 22.1 Å². The van der Waals surface area contributed by atoms with Crippen LogP contribution in [0.5, 0.6) is 11.5 Å². The Hall–Kier alpha value is -1.84. The largest absolute Gasteiger partial charge is 0.457 e. The lowest BCUT2D eigenvalue weighted by Crippen LogP contribution is -1.89. The summed E-state index contributed by atoms with van der Waals surface area (Å²) in [5.41, 5.74) is 0.653. The van der Waals surface area contributed by atoms with Gasteiger partial charge in [-0.1, -0.05) is 29.3 Å². The molecule has 0 saturated carbocycles. The number of rotatable bonds is 2. The molecule has 0 aliphatic heterocycles. The van der Waals surface area contributed by atoms with Crippen molar-refractivity contribution in [1.29, 1.82) is 0 Å². The van der Waals surface area contributed by atoms with Gasteiger partial charge < -0.3 is 4.74 Å². The molecule has 1 aromatic heterocycles. The quantitative estimate of drug-likeness (QED) is 0.626. The number of hydrogen-bond donors (Lipinski definition) is 0. The maximum Gasteiger partial charge on any atom is 0.142 e.